The van der Waals surface area contributed by atoms with Crippen molar-refractivity contribution >= 4 is 5.97 Å². The number of rotatable bonds is 9. The van der Waals surface area contributed by atoms with Crippen molar-refractivity contribution in [2.45, 2.75) is 159 Å². The van der Waals surface area contributed by atoms with Gasteiger partial charge >= 0.3 is 5.97 Å². The minimum absolute atomic E-state index is 0.0127. The van der Waals surface area contributed by atoms with Crippen LogP contribution in [0.2, 0.25) is 0 Å². The third kappa shape index (κ3) is 6.93. The second-order valence-electron chi connectivity index (χ2n) is 18.0. The molecule has 3 saturated carbocycles. The van der Waals surface area contributed by atoms with Gasteiger partial charge in [0.1, 0.15) is 54.9 Å². The van der Waals surface area contributed by atoms with Crippen LogP contribution in [-0.4, -0.2) is 140 Å². The van der Waals surface area contributed by atoms with E-state index in [1.807, 2.05) is 6.92 Å². The molecule has 0 radical (unpaired) electrons. The number of hydrogen-bond acceptors (Lipinski definition) is 14. The van der Waals surface area contributed by atoms with Gasteiger partial charge in [-0.3, -0.25) is 0 Å². The van der Waals surface area contributed by atoms with Crippen LogP contribution in [0.3, 0.4) is 0 Å². The molecule has 54 heavy (non-hydrogen) atoms. The predicted molar refractivity (Wildman–Crippen MR) is 190 cm³/mol. The van der Waals surface area contributed by atoms with Crippen molar-refractivity contribution < 1.29 is 69.3 Å². The maximum atomic E-state index is 12.7. The van der Waals surface area contributed by atoms with E-state index in [9.17, 15) is 45.6 Å². The number of ether oxygens (including phenoxy) is 5. The molecule has 0 bridgehead atoms. The SMILES string of the molecule is CC1=C(CO)C(=O)O[C@H]([C@H](C)C2CCC3[C@@H]4CC=C5C[C@@H](OC6OC(COC7OC(CO)C(O)C(O)C7O)C(O)C(O)C6O)CC[C@]5(C)C4CC[C@@]32C)C1. The Morgan fingerprint density at radius 2 is 1.52 bits per heavy atom. The number of esters is 1. The molecule has 13 unspecified atom stereocenters. The minimum Gasteiger partial charge on any atom is -0.458 e. The summed E-state index contributed by atoms with van der Waals surface area (Å²) in [5, 5.41) is 82.0. The second-order valence-corrected chi connectivity index (χ2v) is 18.0. The van der Waals surface area contributed by atoms with Gasteiger partial charge in [0.25, 0.3) is 0 Å². The molecule has 3 aliphatic heterocycles. The number of allylic oxidation sites excluding steroid dienone is 1. The van der Waals surface area contributed by atoms with Crippen LogP contribution in [-0.2, 0) is 28.5 Å². The van der Waals surface area contributed by atoms with Gasteiger partial charge in [0.2, 0.25) is 0 Å². The van der Waals surface area contributed by atoms with Crippen molar-refractivity contribution in [2.75, 3.05) is 19.8 Å². The van der Waals surface area contributed by atoms with Crippen molar-refractivity contribution in [3.8, 4) is 0 Å². The monoisotopic (exact) mass is 766 g/mol. The van der Waals surface area contributed by atoms with Crippen molar-refractivity contribution in [1.29, 1.82) is 0 Å². The summed E-state index contributed by atoms with van der Waals surface area (Å²) in [7, 11) is 0. The Labute approximate surface area is 317 Å². The van der Waals surface area contributed by atoms with E-state index in [4.69, 9.17) is 23.7 Å². The summed E-state index contributed by atoms with van der Waals surface area (Å²) in [5.74, 6) is 1.98. The third-order valence-corrected chi connectivity index (χ3v) is 15.3. The highest BCUT2D eigenvalue weighted by Crippen LogP contribution is 2.67. The van der Waals surface area contributed by atoms with Gasteiger partial charge in [-0.1, -0.05) is 38.0 Å². The Kier molecular flexibility index (Phi) is 11.8. The van der Waals surface area contributed by atoms with Crippen molar-refractivity contribution in [1.82, 2.24) is 0 Å². The molecule has 7 rings (SSSR count). The Hall–Kier alpha value is -1.53. The van der Waals surface area contributed by atoms with E-state index in [1.165, 1.54) is 12.0 Å². The second kappa shape index (κ2) is 15.7. The van der Waals surface area contributed by atoms with Crippen LogP contribution in [0.4, 0.5) is 0 Å². The Bertz CT molecular complexity index is 1430. The van der Waals surface area contributed by atoms with Gasteiger partial charge in [-0.15, -0.1) is 0 Å². The molecule has 14 nitrogen and oxygen atoms in total. The minimum atomic E-state index is -1.64. The normalized spacial score (nSPS) is 50.1. The van der Waals surface area contributed by atoms with Gasteiger partial charge in [0.15, 0.2) is 12.6 Å². The molecule has 0 aromatic heterocycles. The first-order valence-electron chi connectivity index (χ1n) is 20.1. The number of carbonyl (C=O) groups excluding carboxylic acids is 1. The van der Waals surface area contributed by atoms with Crippen LogP contribution < -0.4 is 0 Å². The molecule has 14 heteroatoms. The molecule has 0 aromatic rings. The lowest BCUT2D eigenvalue weighted by Crippen LogP contribution is -2.62. The lowest BCUT2D eigenvalue weighted by atomic mass is 9.47. The fourth-order valence-corrected chi connectivity index (χ4v) is 12.0. The van der Waals surface area contributed by atoms with Gasteiger partial charge in [0, 0.05) is 6.42 Å². The summed E-state index contributed by atoms with van der Waals surface area (Å²) in [6, 6.07) is 0. The summed E-state index contributed by atoms with van der Waals surface area (Å²) in [6.07, 6.45) is -4.11. The van der Waals surface area contributed by atoms with E-state index >= 15 is 0 Å². The standard InChI is InChI=1S/C40H62O14/c1-18-13-27(52-36(49)23(18)15-41)19(2)24-7-8-25-22-6-5-20-14-21(9-11-39(20,3)26(22)10-12-40(24,25)4)51-38-35(48)33(46)31(44)29(54-38)17-50-37-34(47)32(45)30(43)28(16-42)53-37/h5,19,21-22,24-35,37-38,41-48H,6-17H2,1-4H3/t19-,21+,22+,24?,25?,26?,27+,28?,29?,30?,31?,32?,33?,34?,35?,37?,38?,39+,40-/m1/s1. The first-order valence-corrected chi connectivity index (χ1v) is 20.1. The van der Waals surface area contributed by atoms with Gasteiger partial charge in [-0.25, -0.2) is 4.79 Å². The average Bonchev–Trinajstić information content (AvgIpc) is 3.51. The Balaban J connectivity index is 0.979. The molecular weight excluding hydrogens is 704 g/mol. The average molecular weight is 767 g/mol. The maximum absolute atomic E-state index is 12.7. The van der Waals surface area contributed by atoms with Crippen molar-refractivity contribution in [2.24, 2.45) is 40.4 Å². The fourth-order valence-electron chi connectivity index (χ4n) is 12.0. The highest BCUT2D eigenvalue weighted by Gasteiger charge is 2.60. The highest BCUT2D eigenvalue weighted by atomic mass is 16.7. The van der Waals surface area contributed by atoms with E-state index in [1.54, 1.807) is 0 Å². The van der Waals surface area contributed by atoms with Crippen LogP contribution in [0.5, 0.6) is 0 Å². The Morgan fingerprint density at radius 1 is 0.833 bits per heavy atom. The van der Waals surface area contributed by atoms with Crippen LogP contribution in [0, 0.1) is 40.4 Å². The maximum Gasteiger partial charge on any atom is 0.336 e. The summed E-state index contributed by atoms with van der Waals surface area (Å²) < 4.78 is 29.2. The number of carbonyl (C=O) groups is 1. The number of fused-ring (bicyclic) bond motifs is 5. The first kappa shape index (κ1) is 40.7. The van der Waals surface area contributed by atoms with Gasteiger partial charge in [-0.05, 0) is 98.7 Å². The van der Waals surface area contributed by atoms with E-state index in [0.29, 0.717) is 42.1 Å². The van der Waals surface area contributed by atoms with E-state index in [-0.39, 0.29) is 41.5 Å². The van der Waals surface area contributed by atoms with E-state index in [0.717, 1.165) is 44.1 Å². The molecule has 306 valence electrons. The summed E-state index contributed by atoms with van der Waals surface area (Å²) >= 11 is 0. The smallest absolute Gasteiger partial charge is 0.336 e. The van der Waals surface area contributed by atoms with E-state index in [2.05, 4.69) is 26.8 Å². The molecule has 0 aromatic carbocycles. The zero-order valence-corrected chi connectivity index (χ0v) is 31.9. The molecule has 4 aliphatic carbocycles. The molecule has 19 atom stereocenters. The van der Waals surface area contributed by atoms with Crippen LogP contribution in [0.1, 0.15) is 85.5 Å². The number of aliphatic hydroxyl groups is 8. The Morgan fingerprint density at radius 3 is 2.20 bits per heavy atom. The summed E-state index contributed by atoms with van der Waals surface area (Å²) in [4.78, 5) is 12.7. The number of aliphatic hydroxyl groups excluding tert-OH is 8. The first-order chi connectivity index (χ1) is 25.6. The topological polar surface area (TPSA) is 225 Å². The zero-order valence-electron chi connectivity index (χ0n) is 31.9. The number of hydrogen-bond donors (Lipinski definition) is 8. The third-order valence-electron chi connectivity index (χ3n) is 15.3. The molecular formula is C40H62O14. The molecule has 2 saturated heterocycles. The molecule has 0 amide bonds. The lowest BCUT2D eigenvalue weighted by molar-refractivity contribution is -0.336. The van der Waals surface area contributed by atoms with Crippen molar-refractivity contribution in [3.63, 3.8) is 0 Å². The van der Waals surface area contributed by atoms with Crippen LogP contribution >= 0.6 is 0 Å². The molecule has 0 spiro atoms. The van der Waals surface area contributed by atoms with Crippen molar-refractivity contribution in [3.05, 3.63) is 22.8 Å². The largest absolute Gasteiger partial charge is 0.458 e. The quantitative estimate of drug-likeness (QED) is 0.120. The molecule has 5 fully saturated rings. The lowest BCUT2D eigenvalue weighted by Gasteiger charge is -2.59. The van der Waals surface area contributed by atoms with E-state index < -0.39 is 74.6 Å². The van der Waals surface area contributed by atoms with Crippen LogP contribution in [0.15, 0.2) is 22.8 Å². The van der Waals surface area contributed by atoms with Crippen LogP contribution in [0.25, 0.3) is 0 Å². The van der Waals surface area contributed by atoms with Gasteiger partial charge < -0.3 is 64.5 Å². The van der Waals surface area contributed by atoms with Gasteiger partial charge in [0.05, 0.1) is 31.5 Å². The van der Waals surface area contributed by atoms with Gasteiger partial charge in [-0.2, -0.15) is 0 Å². The molecule has 8 N–H and O–H groups in total. The summed E-state index contributed by atoms with van der Waals surface area (Å²) in [5.41, 5.74) is 2.86. The zero-order chi connectivity index (χ0) is 38.9. The highest BCUT2D eigenvalue weighted by molar-refractivity contribution is 5.90. The molecule has 3 heterocycles. The fraction of sp³-hybridized carbons (Fsp3) is 0.875. The predicted octanol–water partition coefficient (Wildman–Crippen LogP) is 0.835. The molecule has 7 aliphatic rings. The number of cyclic esters (lactones) is 1. The summed E-state index contributed by atoms with van der Waals surface area (Å²) in [6.45, 7) is 7.75.